The summed E-state index contributed by atoms with van der Waals surface area (Å²) < 4.78 is 12.0. The summed E-state index contributed by atoms with van der Waals surface area (Å²) in [5.74, 6) is 1.22. The van der Waals surface area contributed by atoms with Crippen LogP contribution in [0.4, 0.5) is 0 Å². The number of nitrogens with zero attached hydrogens (tertiary/aromatic N) is 1. The zero-order chi connectivity index (χ0) is 24.2. The van der Waals surface area contributed by atoms with E-state index in [2.05, 4.69) is 39.1 Å². The molecule has 1 aliphatic rings. The summed E-state index contributed by atoms with van der Waals surface area (Å²) in [5, 5.41) is 12.6. The molecule has 0 heterocycles. The third-order valence-corrected chi connectivity index (χ3v) is 6.73. The molecule has 1 saturated carbocycles. The largest absolute Gasteiger partial charge is 0.494 e. The fourth-order valence-corrected chi connectivity index (χ4v) is 5.16. The lowest BCUT2D eigenvalue weighted by atomic mass is 9.49. The maximum Gasteiger partial charge on any atom is 0.251 e. The minimum atomic E-state index is -0.314. The van der Waals surface area contributed by atoms with E-state index in [1.807, 2.05) is 12.1 Å². The van der Waals surface area contributed by atoms with Gasteiger partial charge in [0.15, 0.2) is 0 Å². The van der Waals surface area contributed by atoms with Gasteiger partial charge in [0.2, 0.25) is 0 Å². The van der Waals surface area contributed by atoms with Gasteiger partial charge in [-0.15, -0.1) is 0 Å². The van der Waals surface area contributed by atoms with Crippen LogP contribution < -0.4 is 20.5 Å². The predicted molar refractivity (Wildman–Crippen MR) is 130 cm³/mol. The number of nitrogens with two attached hydrogens (primary N) is 1. The molecule has 1 amide bonds. The van der Waals surface area contributed by atoms with E-state index in [9.17, 15) is 4.79 Å². The number of halogens is 1. The molecule has 33 heavy (non-hydrogen) atoms. The molecule has 6 nitrogen and oxygen atoms in total. The highest BCUT2D eigenvalue weighted by atomic mass is 35.5. The lowest BCUT2D eigenvalue weighted by Crippen LogP contribution is -2.74. The number of hydrogen-bond donors (Lipinski definition) is 2. The highest BCUT2D eigenvalue weighted by Crippen LogP contribution is 2.55. The van der Waals surface area contributed by atoms with Gasteiger partial charge >= 0.3 is 0 Å². The molecule has 0 aromatic heterocycles. The van der Waals surface area contributed by atoms with Crippen LogP contribution >= 0.6 is 11.6 Å². The Labute approximate surface area is 201 Å². The molecule has 0 radical (unpaired) electrons. The molecule has 0 spiro atoms. The summed E-state index contributed by atoms with van der Waals surface area (Å²) in [6, 6.07) is 14.2. The van der Waals surface area contributed by atoms with Crippen LogP contribution in [0.15, 0.2) is 42.5 Å². The van der Waals surface area contributed by atoms with Crippen LogP contribution in [0.5, 0.6) is 11.5 Å². The van der Waals surface area contributed by atoms with Crippen LogP contribution in [0.3, 0.4) is 0 Å². The molecule has 7 heteroatoms. The fourth-order valence-electron chi connectivity index (χ4n) is 4.95. The van der Waals surface area contributed by atoms with Gasteiger partial charge in [-0.25, -0.2) is 0 Å². The van der Waals surface area contributed by atoms with Gasteiger partial charge in [-0.1, -0.05) is 39.3 Å². The van der Waals surface area contributed by atoms with E-state index in [4.69, 9.17) is 32.1 Å². The Hall–Kier alpha value is -2.75. The molecule has 1 fully saturated rings. The maximum absolute atomic E-state index is 13.0. The highest BCUT2D eigenvalue weighted by Gasteiger charge is 2.64. The monoisotopic (exact) mass is 469 g/mol. The first-order valence-electron chi connectivity index (χ1n) is 11.2. The van der Waals surface area contributed by atoms with Crippen LogP contribution in [0.1, 0.15) is 56.5 Å². The Bertz CT molecular complexity index is 1010. The van der Waals surface area contributed by atoms with Crippen molar-refractivity contribution >= 4 is 17.5 Å². The Morgan fingerprint density at radius 2 is 1.73 bits per heavy atom. The Morgan fingerprint density at radius 3 is 2.30 bits per heavy atom. The minimum absolute atomic E-state index is 0.0939. The molecule has 1 aliphatic carbocycles. The summed E-state index contributed by atoms with van der Waals surface area (Å²) in [5.41, 5.74) is 5.86. The standard InChI is InChI=1S/C26H32ClN3O3/c1-25(2)23(26(3,4)24(25)33-20-12-9-18(16-29)21(27)15-20)30-22(31)17-7-10-19(11-8-17)32-14-6-5-13-28/h7-12,15,23-24H,5-6,13-14,28H2,1-4H3,(H,30,31). The zero-order valence-corrected chi connectivity index (χ0v) is 20.4. The van der Waals surface area contributed by atoms with Gasteiger partial charge in [0, 0.05) is 28.5 Å². The van der Waals surface area contributed by atoms with Crippen molar-refractivity contribution in [3.8, 4) is 17.6 Å². The number of benzene rings is 2. The molecular weight excluding hydrogens is 438 g/mol. The molecule has 3 N–H and O–H groups in total. The number of ether oxygens (including phenoxy) is 2. The number of nitrogens with one attached hydrogen (secondary N) is 1. The molecule has 0 atom stereocenters. The van der Waals surface area contributed by atoms with Gasteiger partial charge in [-0.2, -0.15) is 5.26 Å². The van der Waals surface area contributed by atoms with Crippen molar-refractivity contribution in [1.29, 1.82) is 5.26 Å². The highest BCUT2D eigenvalue weighted by molar-refractivity contribution is 6.31. The van der Waals surface area contributed by atoms with Crippen molar-refractivity contribution < 1.29 is 14.3 Å². The number of carbonyl (C=O) groups excluding carboxylic acids is 1. The molecule has 3 rings (SSSR count). The lowest BCUT2D eigenvalue weighted by molar-refractivity contribution is -0.164. The summed E-state index contributed by atoms with van der Waals surface area (Å²) in [7, 11) is 0. The van der Waals surface area contributed by atoms with E-state index in [0.29, 0.717) is 35.1 Å². The SMILES string of the molecule is CC1(C)C(NC(=O)c2ccc(OCCCCN)cc2)C(C)(C)C1Oc1ccc(C#N)c(Cl)c1. The lowest BCUT2D eigenvalue weighted by Gasteiger charge is -2.63. The second-order valence-electron chi connectivity index (χ2n) is 9.67. The quantitative estimate of drug-likeness (QED) is 0.507. The van der Waals surface area contributed by atoms with Gasteiger partial charge < -0.3 is 20.5 Å². The van der Waals surface area contributed by atoms with E-state index >= 15 is 0 Å². The van der Waals surface area contributed by atoms with Crippen LogP contribution in [-0.4, -0.2) is 31.2 Å². The second kappa shape index (κ2) is 10.0. The van der Waals surface area contributed by atoms with Gasteiger partial charge in [-0.3, -0.25) is 4.79 Å². The van der Waals surface area contributed by atoms with Gasteiger partial charge in [-0.05, 0) is 55.8 Å². The molecule has 2 aromatic carbocycles. The third-order valence-electron chi connectivity index (χ3n) is 6.41. The van der Waals surface area contributed by atoms with E-state index in [0.717, 1.165) is 18.6 Å². The van der Waals surface area contributed by atoms with Crippen molar-refractivity contribution in [2.24, 2.45) is 16.6 Å². The van der Waals surface area contributed by atoms with Crippen LogP contribution in [-0.2, 0) is 0 Å². The van der Waals surface area contributed by atoms with Crippen molar-refractivity contribution in [2.45, 2.75) is 52.7 Å². The van der Waals surface area contributed by atoms with Crippen molar-refractivity contribution in [2.75, 3.05) is 13.2 Å². The van der Waals surface area contributed by atoms with Gasteiger partial charge in [0.25, 0.3) is 5.91 Å². The Kier molecular flexibility index (Phi) is 7.56. The minimum Gasteiger partial charge on any atom is -0.494 e. The first-order chi connectivity index (χ1) is 15.6. The fraction of sp³-hybridized carbons (Fsp3) is 0.462. The summed E-state index contributed by atoms with van der Waals surface area (Å²) in [4.78, 5) is 13.0. The number of unbranched alkanes of at least 4 members (excludes halogenated alkanes) is 1. The Balaban J connectivity index is 1.64. The van der Waals surface area contributed by atoms with E-state index in [1.165, 1.54) is 0 Å². The average molecular weight is 470 g/mol. The van der Waals surface area contributed by atoms with E-state index in [1.54, 1.807) is 30.3 Å². The molecule has 0 aliphatic heterocycles. The summed E-state index contributed by atoms with van der Waals surface area (Å²) in [6.45, 7) is 9.59. The molecule has 2 aromatic rings. The zero-order valence-electron chi connectivity index (χ0n) is 19.7. The third kappa shape index (κ3) is 5.26. The first-order valence-corrected chi connectivity index (χ1v) is 11.6. The summed E-state index contributed by atoms with van der Waals surface area (Å²) in [6.07, 6.45) is 1.68. The smallest absolute Gasteiger partial charge is 0.251 e. The van der Waals surface area contributed by atoms with Crippen molar-refractivity contribution in [3.05, 3.63) is 58.6 Å². The maximum atomic E-state index is 13.0. The van der Waals surface area contributed by atoms with Gasteiger partial charge in [0.1, 0.15) is 23.7 Å². The van der Waals surface area contributed by atoms with Crippen LogP contribution in [0, 0.1) is 22.2 Å². The normalized spacial score (nSPS) is 20.3. The van der Waals surface area contributed by atoms with Crippen LogP contribution in [0.25, 0.3) is 0 Å². The summed E-state index contributed by atoms with van der Waals surface area (Å²) >= 11 is 6.16. The molecule has 0 unspecified atom stereocenters. The molecule has 0 bridgehead atoms. The van der Waals surface area contributed by atoms with Crippen LogP contribution in [0.2, 0.25) is 5.02 Å². The number of nitriles is 1. The molecule has 176 valence electrons. The van der Waals surface area contributed by atoms with Crippen molar-refractivity contribution in [3.63, 3.8) is 0 Å². The second-order valence-corrected chi connectivity index (χ2v) is 10.1. The number of carbonyl (C=O) groups is 1. The van der Waals surface area contributed by atoms with E-state index < -0.39 is 0 Å². The molecular formula is C26H32ClN3O3. The number of rotatable bonds is 9. The topological polar surface area (TPSA) is 97.4 Å². The van der Waals surface area contributed by atoms with E-state index in [-0.39, 0.29) is 28.9 Å². The van der Waals surface area contributed by atoms with Gasteiger partial charge in [0.05, 0.1) is 17.2 Å². The Morgan fingerprint density at radius 1 is 1.09 bits per heavy atom. The first kappa shape index (κ1) is 24.9. The van der Waals surface area contributed by atoms with Crippen molar-refractivity contribution in [1.82, 2.24) is 5.32 Å². The molecule has 0 saturated heterocycles. The average Bonchev–Trinajstić information content (AvgIpc) is 2.78. The number of amides is 1. The number of hydrogen-bond acceptors (Lipinski definition) is 5. The predicted octanol–water partition coefficient (Wildman–Crippen LogP) is 4.94.